The Labute approximate surface area is 356 Å². The van der Waals surface area contributed by atoms with Gasteiger partial charge in [0.2, 0.25) is 0 Å². The van der Waals surface area contributed by atoms with Crippen molar-refractivity contribution in [2.75, 3.05) is 0 Å². The maximum Gasteiger partial charge on any atom is 0.486 e. The SMILES string of the molecule is O=[N+]([O-])c1cc(C(F)(F)F)ccc1C(O[SiH](OC(c1ccccc1)c1ccc(C(F)(F)F)cc1[N+](=O)[O-])OC(c1ccccc1)c1ccc(C(F)(F)F)cc1[N+](=O)[O-])c1ccccc1. The Hall–Kier alpha value is -7.01. The van der Waals surface area contributed by atoms with Crippen molar-refractivity contribution >= 4 is 26.6 Å². The second-order valence-corrected chi connectivity index (χ2v) is 15.0. The molecule has 0 saturated heterocycles. The standard InChI is InChI=1S/C42H28F9N3O9Si/c43-40(44,45)28-16-19-31(34(22-28)52(55)56)37(25-10-4-1-5-11-25)61-64(62-38(26-12-6-2-7-13-26)32-20-17-29(41(46,47)48)23-35(32)53(57)58)63-39(27-14-8-3-9-15-27)33-21-18-30(42(49,50)51)24-36(33)54(59)60/h1-24,37-39,64H. The van der Waals surface area contributed by atoms with E-state index >= 15 is 0 Å². The van der Waals surface area contributed by atoms with Gasteiger partial charge in [-0.15, -0.1) is 0 Å². The molecular weight excluding hydrogens is 890 g/mol. The van der Waals surface area contributed by atoms with Crippen LogP contribution in [0.2, 0.25) is 0 Å². The lowest BCUT2D eigenvalue weighted by atomic mass is 9.98. The highest BCUT2D eigenvalue weighted by molar-refractivity contribution is 6.36. The first-order chi connectivity index (χ1) is 30.1. The van der Waals surface area contributed by atoms with Gasteiger partial charge in [-0.2, -0.15) is 39.5 Å². The minimum absolute atomic E-state index is 0.0172. The number of halogens is 9. The number of rotatable bonds is 15. The van der Waals surface area contributed by atoms with Crippen LogP contribution in [0.15, 0.2) is 146 Å². The number of hydrogen-bond donors (Lipinski definition) is 0. The zero-order valence-corrected chi connectivity index (χ0v) is 33.2. The van der Waals surface area contributed by atoms with Crippen molar-refractivity contribution in [1.29, 1.82) is 0 Å². The van der Waals surface area contributed by atoms with E-state index in [0.717, 1.165) is 18.2 Å². The predicted molar refractivity (Wildman–Crippen MR) is 210 cm³/mol. The van der Waals surface area contributed by atoms with Crippen LogP contribution in [0.3, 0.4) is 0 Å². The summed E-state index contributed by atoms with van der Waals surface area (Å²) >= 11 is 0. The lowest BCUT2D eigenvalue weighted by molar-refractivity contribution is -0.386. The van der Waals surface area contributed by atoms with Gasteiger partial charge in [0.25, 0.3) is 17.1 Å². The van der Waals surface area contributed by atoms with Crippen molar-refractivity contribution in [3.8, 4) is 0 Å². The zero-order valence-electron chi connectivity index (χ0n) is 32.1. The molecule has 3 atom stereocenters. The highest BCUT2D eigenvalue weighted by Crippen LogP contribution is 2.44. The lowest BCUT2D eigenvalue weighted by Gasteiger charge is -2.31. The molecule has 0 aliphatic carbocycles. The third kappa shape index (κ3) is 10.8. The van der Waals surface area contributed by atoms with Crippen molar-refractivity contribution in [2.45, 2.75) is 36.8 Å². The molecule has 0 N–H and O–H groups in total. The summed E-state index contributed by atoms with van der Waals surface area (Å²) in [4.78, 5) is 34.0. The first-order valence-electron chi connectivity index (χ1n) is 18.3. The summed E-state index contributed by atoms with van der Waals surface area (Å²) < 4.78 is 144. The van der Waals surface area contributed by atoms with Crippen LogP contribution in [-0.4, -0.2) is 24.3 Å². The molecule has 0 heterocycles. The van der Waals surface area contributed by atoms with Crippen LogP contribution in [0.5, 0.6) is 0 Å². The van der Waals surface area contributed by atoms with E-state index in [9.17, 15) is 69.9 Å². The zero-order chi connectivity index (χ0) is 46.6. The normalized spacial score (nSPS) is 14.0. The molecule has 6 aromatic rings. The Morgan fingerprint density at radius 2 is 0.625 bits per heavy atom. The van der Waals surface area contributed by atoms with E-state index in [-0.39, 0.29) is 34.9 Å². The van der Waals surface area contributed by atoms with E-state index in [2.05, 4.69) is 0 Å². The molecule has 0 bridgehead atoms. The third-order valence-electron chi connectivity index (χ3n) is 9.56. The first kappa shape index (κ1) is 46.5. The van der Waals surface area contributed by atoms with Crippen molar-refractivity contribution in [3.05, 3.63) is 226 Å². The second kappa shape index (κ2) is 18.8. The van der Waals surface area contributed by atoms with E-state index in [1.807, 2.05) is 0 Å². The largest absolute Gasteiger partial charge is 0.486 e. The minimum Gasteiger partial charge on any atom is -0.364 e. The third-order valence-corrected chi connectivity index (χ3v) is 11.0. The van der Waals surface area contributed by atoms with Crippen LogP contribution < -0.4 is 0 Å². The van der Waals surface area contributed by atoms with Crippen molar-refractivity contribution in [3.63, 3.8) is 0 Å². The van der Waals surface area contributed by atoms with Gasteiger partial charge in [0.15, 0.2) is 0 Å². The molecule has 0 aliphatic heterocycles. The molecule has 0 saturated carbocycles. The van der Waals surface area contributed by atoms with Gasteiger partial charge in [-0.25, -0.2) is 0 Å². The summed E-state index contributed by atoms with van der Waals surface area (Å²) in [5.74, 6) is 0. The average Bonchev–Trinajstić information content (AvgIpc) is 3.25. The van der Waals surface area contributed by atoms with Crippen LogP contribution >= 0.6 is 0 Å². The van der Waals surface area contributed by atoms with Crippen LogP contribution in [0.25, 0.3) is 0 Å². The number of nitro benzene ring substituents is 3. The van der Waals surface area contributed by atoms with Gasteiger partial charge in [0, 0.05) is 18.2 Å². The average molecular weight is 918 g/mol. The highest BCUT2D eigenvalue weighted by atomic mass is 28.3. The second-order valence-electron chi connectivity index (χ2n) is 13.7. The van der Waals surface area contributed by atoms with Gasteiger partial charge in [0.05, 0.1) is 48.2 Å². The minimum atomic E-state index is -5.06. The molecule has 6 rings (SSSR count). The van der Waals surface area contributed by atoms with Gasteiger partial charge in [-0.1, -0.05) is 91.0 Å². The Morgan fingerprint density at radius 3 is 0.828 bits per heavy atom. The highest BCUT2D eigenvalue weighted by Gasteiger charge is 2.41. The quantitative estimate of drug-likeness (QED) is 0.0423. The van der Waals surface area contributed by atoms with E-state index < -0.39 is 112 Å². The summed E-state index contributed by atoms with van der Waals surface area (Å²) in [5.41, 5.74) is -9.15. The van der Waals surface area contributed by atoms with Crippen LogP contribution in [0.4, 0.5) is 56.6 Å². The van der Waals surface area contributed by atoms with E-state index in [1.165, 1.54) is 91.0 Å². The summed E-state index contributed by atoms with van der Waals surface area (Å²) in [6.07, 6.45) is -20.6. The topological polar surface area (TPSA) is 157 Å². The maximum absolute atomic E-state index is 13.9. The number of benzene rings is 6. The van der Waals surface area contributed by atoms with Gasteiger partial charge in [0.1, 0.15) is 18.3 Å². The Balaban J connectivity index is 1.62. The molecule has 0 amide bonds. The maximum atomic E-state index is 13.9. The molecule has 3 unspecified atom stereocenters. The van der Waals surface area contributed by atoms with Crippen molar-refractivity contribution in [1.82, 2.24) is 0 Å². The van der Waals surface area contributed by atoms with Crippen LogP contribution in [0, 0.1) is 30.3 Å². The number of nitrogens with zero attached hydrogens (tertiary/aromatic N) is 3. The van der Waals surface area contributed by atoms with Crippen LogP contribution in [-0.2, 0) is 31.8 Å². The number of nitro groups is 3. The van der Waals surface area contributed by atoms with E-state index in [1.54, 1.807) is 0 Å². The van der Waals surface area contributed by atoms with Crippen molar-refractivity contribution < 1.29 is 67.6 Å². The summed E-state index contributed by atoms with van der Waals surface area (Å²) in [7, 11) is -4.55. The fourth-order valence-corrected chi connectivity index (χ4v) is 8.38. The first-order valence-corrected chi connectivity index (χ1v) is 19.7. The van der Waals surface area contributed by atoms with Crippen molar-refractivity contribution in [2.24, 2.45) is 0 Å². The predicted octanol–water partition coefficient (Wildman–Crippen LogP) is 11.9. The molecule has 0 fully saturated rings. The molecule has 0 spiro atoms. The molecule has 0 aromatic heterocycles. The molecular formula is C42H28F9N3O9Si. The summed E-state index contributed by atoms with van der Waals surface area (Å²) in [5, 5.41) is 37.4. The van der Waals surface area contributed by atoms with Gasteiger partial charge >= 0.3 is 28.1 Å². The Morgan fingerprint density at radius 1 is 0.391 bits per heavy atom. The summed E-state index contributed by atoms with van der Waals surface area (Å²) in [6.45, 7) is 0. The van der Waals surface area contributed by atoms with E-state index in [0.29, 0.717) is 18.2 Å². The summed E-state index contributed by atoms with van der Waals surface area (Å²) in [6, 6.07) is 25.7. The van der Waals surface area contributed by atoms with Gasteiger partial charge in [-0.05, 0) is 53.1 Å². The number of hydrogen-bond acceptors (Lipinski definition) is 9. The Kier molecular flexibility index (Phi) is 13.6. The molecule has 6 aromatic carbocycles. The molecule has 332 valence electrons. The molecule has 22 heteroatoms. The van der Waals surface area contributed by atoms with Gasteiger partial charge < -0.3 is 13.3 Å². The molecule has 12 nitrogen and oxygen atoms in total. The molecule has 64 heavy (non-hydrogen) atoms. The van der Waals surface area contributed by atoms with Crippen LogP contribution in [0.1, 0.15) is 68.4 Å². The fourth-order valence-electron chi connectivity index (χ4n) is 6.61. The number of alkyl halides is 9. The van der Waals surface area contributed by atoms with Gasteiger partial charge in [-0.3, -0.25) is 30.3 Å². The molecule has 0 aliphatic rings. The lowest BCUT2D eigenvalue weighted by Crippen LogP contribution is -2.34. The molecule has 0 radical (unpaired) electrons. The van der Waals surface area contributed by atoms with E-state index in [4.69, 9.17) is 13.3 Å². The monoisotopic (exact) mass is 917 g/mol. The Bertz CT molecular complexity index is 2350. The smallest absolute Gasteiger partial charge is 0.364 e. The fraction of sp³-hybridized carbons (Fsp3) is 0.143.